The van der Waals surface area contributed by atoms with Gasteiger partial charge in [-0.1, -0.05) is 25.5 Å². The Hall–Kier alpha value is -2.76. The van der Waals surface area contributed by atoms with Crippen molar-refractivity contribution in [2.45, 2.75) is 63.7 Å². The fraction of sp³-hybridized carbons (Fsp3) is 0.519. The third-order valence-electron chi connectivity index (χ3n) is 7.09. The summed E-state index contributed by atoms with van der Waals surface area (Å²) in [4.78, 5) is 14.2. The van der Waals surface area contributed by atoms with Crippen LogP contribution in [0.15, 0.2) is 42.5 Å². The number of carbonyl (C=O) groups excluding carboxylic acids is 1. The molecule has 0 spiro atoms. The van der Waals surface area contributed by atoms with E-state index in [1.807, 2.05) is 6.92 Å². The summed E-state index contributed by atoms with van der Waals surface area (Å²) in [7, 11) is 1.19. The zero-order valence-corrected chi connectivity index (χ0v) is 21.2. The van der Waals surface area contributed by atoms with Crippen LogP contribution in [0.1, 0.15) is 66.5 Å². The summed E-state index contributed by atoms with van der Waals surface area (Å²) in [5, 5.41) is 0. The van der Waals surface area contributed by atoms with E-state index in [1.54, 1.807) is 0 Å². The Morgan fingerprint density at radius 2 is 1.51 bits per heavy atom. The number of benzene rings is 2. The van der Waals surface area contributed by atoms with Gasteiger partial charge in [-0.05, 0) is 73.2 Å². The van der Waals surface area contributed by atoms with Crippen molar-refractivity contribution in [1.29, 1.82) is 0 Å². The maximum Gasteiger partial charge on any atom is 0.416 e. The third-order valence-corrected chi connectivity index (χ3v) is 7.09. The molecule has 1 fully saturated rings. The molecule has 0 radical (unpaired) electrons. The molecule has 0 amide bonds. The summed E-state index contributed by atoms with van der Waals surface area (Å²) >= 11 is 0. The van der Waals surface area contributed by atoms with Crippen LogP contribution in [0, 0.1) is 11.8 Å². The predicted molar refractivity (Wildman–Crippen MR) is 124 cm³/mol. The molecule has 1 unspecified atom stereocenters. The minimum atomic E-state index is -4.94. The van der Waals surface area contributed by atoms with Crippen LogP contribution >= 0.6 is 0 Å². The second-order valence-electron chi connectivity index (χ2n) is 9.63. The van der Waals surface area contributed by atoms with Gasteiger partial charge < -0.3 is 4.74 Å². The number of rotatable bonds is 7. The largest absolute Gasteiger partial charge is 0.469 e. The molecule has 0 saturated carbocycles. The molecule has 0 bridgehead atoms. The highest BCUT2D eigenvalue weighted by atomic mass is 19.4. The fourth-order valence-electron chi connectivity index (χ4n) is 5.39. The Morgan fingerprint density at radius 1 is 0.923 bits per heavy atom. The molecule has 1 heterocycles. The molecule has 0 N–H and O–H groups in total. The quantitative estimate of drug-likeness (QED) is 0.248. The van der Waals surface area contributed by atoms with Crippen LogP contribution in [-0.2, 0) is 34.6 Å². The molecular formula is C27H28F9NO2. The van der Waals surface area contributed by atoms with Crippen LogP contribution in [0.4, 0.5) is 39.5 Å². The van der Waals surface area contributed by atoms with E-state index in [0.717, 1.165) is 12.1 Å². The summed E-state index contributed by atoms with van der Waals surface area (Å²) < 4.78 is 126. The summed E-state index contributed by atoms with van der Waals surface area (Å²) in [5.74, 6) is -1.82. The Bertz CT molecular complexity index is 1120. The van der Waals surface area contributed by atoms with E-state index in [2.05, 4.69) is 0 Å². The van der Waals surface area contributed by atoms with Gasteiger partial charge in [0.15, 0.2) is 0 Å². The molecule has 3 rings (SSSR count). The maximum atomic E-state index is 13.8. The molecular weight excluding hydrogens is 541 g/mol. The highest BCUT2D eigenvalue weighted by molar-refractivity contribution is 5.72. The van der Waals surface area contributed by atoms with E-state index in [-0.39, 0.29) is 6.54 Å². The van der Waals surface area contributed by atoms with Gasteiger partial charge in [0.2, 0.25) is 0 Å². The Morgan fingerprint density at radius 3 is 2.03 bits per heavy atom. The number of alkyl halides is 9. The van der Waals surface area contributed by atoms with Gasteiger partial charge in [0, 0.05) is 12.6 Å². The molecule has 2 aromatic rings. The van der Waals surface area contributed by atoms with Crippen LogP contribution in [0.3, 0.4) is 0 Å². The lowest BCUT2D eigenvalue weighted by molar-refractivity contribution is -0.150. The van der Waals surface area contributed by atoms with Gasteiger partial charge in [-0.25, -0.2) is 0 Å². The number of esters is 1. The number of piperidine rings is 1. The van der Waals surface area contributed by atoms with Gasteiger partial charge in [-0.15, -0.1) is 0 Å². The Labute approximate surface area is 219 Å². The highest BCUT2D eigenvalue weighted by Crippen LogP contribution is 2.45. The first kappa shape index (κ1) is 30.8. The van der Waals surface area contributed by atoms with E-state index in [4.69, 9.17) is 4.74 Å². The van der Waals surface area contributed by atoms with Gasteiger partial charge >= 0.3 is 24.5 Å². The topological polar surface area (TPSA) is 29.5 Å². The molecule has 2 aromatic carbocycles. The number of halogens is 9. The second-order valence-corrected chi connectivity index (χ2v) is 9.63. The minimum Gasteiger partial charge on any atom is -0.469 e. The van der Waals surface area contributed by atoms with Crippen LogP contribution < -0.4 is 0 Å². The number of nitrogens with zero attached hydrogens (tertiary/aromatic N) is 1. The van der Waals surface area contributed by atoms with Crippen molar-refractivity contribution in [1.82, 2.24) is 4.90 Å². The van der Waals surface area contributed by atoms with E-state index in [1.165, 1.54) is 24.1 Å². The van der Waals surface area contributed by atoms with Crippen molar-refractivity contribution in [3.8, 4) is 0 Å². The lowest BCUT2D eigenvalue weighted by Crippen LogP contribution is -2.43. The molecule has 12 heteroatoms. The normalized spacial score (nSPS) is 20.1. The Kier molecular flexibility index (Phi) is 9.29. The standard InChI is InChI=1S/C27H28F9NO2/c1-3-5-21(24(38)39-2)20-6-4-13-37(23(20)16-7-9-18(10-8-16)25(28,29)30)15-17-14-19(26(31,32)33)11-12-22(17)27(34,35)36/h7-12,14,20-21,23H,3-6,13,15H2,1-2H3/t20-,21?,23-/m0/s1. The third kappa shape index (κ3) is 7.26. The maximum absolute atomic E-state index is 13.8. The van der Waals surface area contributed by atoms with Crippen LogP contribution in [0.25, 0.3) is 0 Å². The number of ether oxygens (including phenoxy) is 1. The Balaban J connectivity index is 2.13. The molecule has 1 aliphatic rings. The van der Waals surface area contributed by atoms with Gasteiger partial charge in [-0.3, -0.25) is 9.69 Å². The lowest BCUT2D eigenvalue weighted by atomic mass is 9.74. The molecule has 3 nitrogen and oxygen atoms in total. The average molecular weight is 570 g/mol. The summed E-state index contributed by atoms with van der Waals surface area (Å²) in [6.07, 6.45) is -12.7. The average Bonchev–Trinajstić information content (AvgIpc) is 2.85. The van der Waals surface area contributed by atoms with Crippen molar-refractivity contribution >= 4 is 5.97 Å². The van der Waals surface area contributed by atoms with Gasteiger partial charge in [-0.2, -0.15) is 39.5 Å². The molecule has 0 aliphatic carbocycles. The monoisotopic (exact) mass is 569 g/mol. The summed E-state index contributed by atoms with van der Waals surface area (Å²) in [6.45, 7) is 1.43. The first-order valence-corrected chi connectivity index (χ1v) is 12.3. The SMILES string of the molecule is CCCC(C(=O)OC)[C@@H]1CCCN(Cc2cc(C(F)(F)F)ccc2C(F)(F)F)[C@H]1c1ccc(C(F)(F)F)cc1. The van der Waals surface area contributed by atoms with E-state index >= 15 is 0 Å². The first-order valence-electron chi connectivity index (χ1n) is 12.3. The van der Waals surface area contributed by atoms with Crippen molar-refractivity contribution < 1.29 is 49.0 Å². The number of hydrogen-bond donors (Lipinski definition) is 0. The zero-order chi connectivity index (χ0) is 29.2. The van der Waals surface area contributed by atoms with Gasteiger partial charge in [0.05, 0.1) is 29.7 Å². The first-order chi connectivity index (χ1) is 18.1. The molecule has 1 saturated heterocycles. The molecule has 3 atom stereocenters. The number of methoxy groups -OCH3 is 1. The molecule has 0 aromatic heterocycles. The zero-order valence-electron chi connectivity index (χ0n) is 21.2. The van der Waals surface area contributed by atoms with Crippen LogP contribution in [-0.4, -0.2) is 24.5 Å². The number of hydrogen-bond acceptors (Lipinski definition) is 3. The second kappa shape index (κ2) is 11.8. The highest BCUT2D eigenvalue weighted by Gasteiger charge is 2.43. The van der Waals surface area contributed by atoms with Crippen molar-refractivity contribution in [3.05, 3.63) is 70.3 Å². The smallest absolute Gasteiger partial charge is 0.416 e. The van der Waals surface area contributed by atoms with Crippen molar-refractivity contribution in [2.75, 3.05) is 13.7 Å². The molecule has 216 valence electrons. The summed E-state index contributed by atoms with van der Waals surface area (Å²) in [6, 6.07) is 4.47. The van der Waals surface area contributed by atoms with Gasteiger partial charge in [0.1, 0.15) is 0 Å². The van der Waals surface area contributed by atoms with E-state index in [9.17, 15) is 44.3 Å². The van der Waals surface area contributed by atoms with Crippen molar-refractivity contribution in [3.63, 3.8) is 0 Å². The predicted octanol–water partition coefficient (Wildman–Crippen LogP) is 8.29. The number of likely N-dealkylation sites (tertiary alicyclic amines) is 1. The molecule has 1 aliphatic heterocycles. The molecule has 39 heavy (non-hydrogen) atoms. The lowest BCUT2D eigenvalue weighted by Gasteiger charge is -2.44. The van der Waals surface area contributed by atoms with E-state index < -0.39 is 71.2 Å². The van der Waals surface area contributed by atoms with Gasteiger partial charge in [0.25, 0.3) is 0 Å². The van der Waals surface area contributed by atoms with Crippen LogP contribution in [0.5, 0.6) is 0 Å². The van der Waals surface area contributed by atoms with Crippen molar-refractivity contribution in [2.24, 2.45) is 11.8 Å². The van der Waals surface area contributed by atoms with E-state index in [0.29, 0.717) is 49.4 Å². The minimum absolute atomic E-state index is 0.162. The number of carbonyl (C=O) groups is 1. The fourth-order valence-corrected chi connectivity index (χ4v) is 5.39. The van der Waals surface area contributed by atoms with Crippen LogP contribution in [0.2, 0.25) is 0 Å². The summed E-state index contributed by atoms with van der Waals surface area (Å²) in [5.41, 5.74) is -3.70.